The van der Waals surface area contributed by atoms with Gasteiger partial charge in [-0.15, -0.1) is 0 Å². The Kier molecular flexibility index (Phi) is 5.12. The zero-order valence-corrected chi connectivity index (χ0v) is 18.5. The minimum Gasteiger partial charge on any atom is -0.495 e. The van der Waals surface area contributed by atoms with E-state index in [1.807, 2.05) is 18.2 Å². The van der Waals surface area contributed by atoms with Crippen molar-refractivity contribution in [3.63, 3.8) is 0 Å². The molecular formula is C21H25N5O4S. The number of rotatable bonds is 3. The van der Waals surface area contributed by atoms with E-state index in [4.69, 9.17) is 10.5 Å². The molecular weight excluding hydrogens is 418 g/mol. The summed E-state index contributed by atoms with van der Waals surface area (Å²) < 4.78 is 31.5. The lowest BCUT2D eigenvalue weighted by Gasteiger charge is -2.40. The third kappa shape index (κ3) is 3.71. The highest BCUT2D eigenvalue weighted by molar-refractivity contribution is 7.89. The second-order valence-corrected chi connectivity index (χ2v) is 9.95. The van der Waals surface area contributed by atoms with Crippen LogP contribution in [0.4, 0.5) is 5.69 Å². The van der Waals surface area contributed by atoms with Crippen LogP contribution >= 0.6 is 0 Å². The van der Waals surface area contributed by atoms with Crippen molar-refractivity contribution in [2.45, 2.75) is 31.7 Å². The van der Waals surface area contributed by atoms with E-state index in [-0.39, 0.29) is 23.3 Å². The summed E-state index contributed by atoms with van der Waals surface area (Å²) in [6.45, 7) is 1.78. The number of pyridine rings is 1. The smallest absolute Gasteiger partial charge is 0.274 e. The first-order valence-electron chi connectivity index (χ1n) is 9.92. The molecule has 31 heavy (non-hydrogen) atoms. The summed E-state index contributed by atoms with van der Waals surface area (Å²) in [5, 5.41) is 2.87. The zero-order valence-electron chi connectivity index (χ0n) is 17.7. The second kappa shape index (κ2) is 7.52. The lowest BCUT2D eigenvalue weighted by molar-refractivity contribution is 0.102. The summed E-state index contributed by atoms with van der Waals surface area (Å²) in [5.41, 5.74) is 8.34. The molecule has 1 aromatic carbocycles. The number of aryl methyl sites for hydroxylation is 2. The highest BCUT2D eigenvalue weighted by atomic mass is 32.2. The number of amides is 1. The summed E-state index contributed by atoms with van der Waals surface area (Å²) >= 11 is 0. The van der Waals surface area contributed by atoms with Crippen molar-refractivity contribution in [2.24, 2.45) is 10.7 Å². The average Bonchev–Trinajstić information content (AvgIpc) is 2.72. The number of fused-ring (bicyclic) bond motifs is 2. The van der Waals surface area contributed by atoms with Crippen LogP contribution in [0.5, 0.6) is 5.75 Å². The second-order valence-electron chi connectivity index (χ2n) is 7.95. The van der Waals surface area contributed by atoms with E-state index in [1.165, 1.54) is 20.4 Å². The summed E-state index contributed by atoms with van der Waals surface area (Å²) in [4.78, 5) is 21.6. The summed E-state index contributed by atoms with van der Waals surface area (Å²) in [5.74, 6) is 0.0417. The number of methoxy groups -OCH3 is 1. The van der Waals surface area contributed by atoms with E-state index in [0.717, 1.165) is 28.3 Å². The van der Waals surface area contributed by atoms with Gasteiger partial charge in [-0.2, -0.15) is 0 Å². The molecule has 0 bridgehead atoms. The van der Waals surface area contributed by atoms with Crippen molar-refractivity contribution in [2.75, 3.05) is 25.2 Å². The van der Waals surface area contributed by atoms with Crippen LogP contribution in [0.25, 0.3) is 0 Å². The predicted octanol–water partition coefficient (Wildman–Crippen LogP) is 1.77. The Labute approximate surface area is 181 Å². The van der Waals surface area contributed by atoms with Gasteiger partial charge in [0.25, 0.3) is 5.91 Å². The van der Waals surface area contributed by atoms with Crippen LogP contribution in [0.2, 0.25) is 0 Å². The standard InChI is InChI=1S/C21H25N5O4S/c1-13-9-16(30-3)11-23-18(13)19(27)24-15-7-6-14-5-4-8-21(17(14)10-15)12-31(28,29)26(2)20(22)25-21/h6-7,9-11H,4-5,8,12H2,1-3H3,(H2,22,25)(H,24,27)/t21-/m0/s1. The Morgan fingerprint density at radius 3 is 2.77 bits per heavy atom. The molecule has 9 nitrogen and oxygen atoms in total. The fraction of sp³-hybridized carbons (Fsp3) is 0.381. The summed E-state index contributed by atoms with van der Waals surface area (Å²) in [7, 11) is -0.637. The van der Waals surface area contributed by atoms with Gasteiger partial charge in [-0.05, 0) is 61.1 Å². The molecule has 1 spiro atoms. The van der Waals surface area contributed by atoms with Gasteiger partial charge in [0.1, 0.15) is 17.0 Å². The molecule has 3 N–H and O–H groups in total. The minimum atomic E-state index is -3.58. The molecule has 2 aliphatic rings. The molecule has 1 aromatic heterocycles. The first-order chi connectivity index (χ1) is 14.6. The van der Waals surface area contributed by atoms with Crippen LogP contribution in [0, 0.1) is 6.92 Å². The maximum Gasteiger partial charge on any atom is 0.274 e. The molecule has 0 saturated heterocycles. The molecule has 0 saturated carbocycles. The van der Waals surface area contributed by atoms with Gasteiger partial charge >= 0.3 is 0 Å². The van der Waals surface area contributed by atoms with Crippen molar-refractivity contribution >= 4 is 27.6 Å². The number of hydrogen-bond acceptors (Lipinski definition) is 7. The van der Waals surface area contributed by atoms with Crippen LogP contribution in [0.1, 0.15) is 40.0 Å². The third-order valence-corrected chi connectivity index (χ3v) is 7.76. The number of nitrogens with zero attached hydrogens (tertiary/aromatic N) is 3. The zero-order chi connectivity index (χ0) is 22.4. The predicted molar refractivity (Wildman–Crippen MR) is 118 cm³/mol. The summed E-state index contributed by atoms with van der Waals surface area (Å²) in [6.07, 6.45) is 3.69. The number of ether oxygens (including phenoxy) is 1. The van der Waals surface area contributed by atoms with E-state index >= 15 is 0 Å². The van der Waals surface area contributed by atoms with E-state index < -0.39 is 15.6 Å². The Morgan fingerprint density at radius 2 is 2.10 bits per heavy atom. The number of carbonyl (C=O) groups excluding carboxylic acids is 1. The molecule has 1 amide bonds. The van der Waals surface area contributed by atoms with Gasteiger partial charge in [0.05, 0.1) is 19.1 Å². The monoisotopic (exact) mass is 443 g/mol. The van der Waals surface area contributed by atoms with Crippen LogP contribution in [0.3, 0.4) is 0 Å². The topological polar surface area (TPSA) is 127 Å². The van der Waals surface area contributed by atoms with Gasteiger partial charge in [0.15, 0.2) is 0 Å². The number of nitrogens with two attached hydrogens (primary N) is 1. The minimum absolute atomic E-state index is 0.0217. The lowest BCUT2D eigenvalue weighted by Crippen LogP contribution is -2.52. The highest BCUT2D eigenvalue weighted by Crippen LogP contribution is 2.43. The van der Waals surface area contributed by atoms with Crippen LogP contribution in [-0.4, -0.2) is 49.5 Å². The molecule has 1 aliphatic carbocycles. The van der Waals surface area contributed by atoms with E-state index in [0.29, 0.717) is 23.4 Å². The number of anilines is 1. The molecule has 2 aromatic rings. The molecule has 0 fully saturated rings. The number of nitrogens with one attached hydrogen (secondary N) is 1. The molecule has 1 atom stereocenters. The van der Waals surface area contributed by atoms with Crippen molar-refractivity contribution < 1.29 is 17.9 Å². The van der Waals surface area contributed by atoms with E-state index in [1.54, 1.807) is 13.0 Å². The number of guanidine groups is 1. The fourth-order valence-electron chi connectivity index (χ4n) is 4.23. The summed E-state index contributed by atoms with van der Waals surface area (Å²) in [6, 6.07) is 7.27. The molecule has 0 unspecified atom stereocenters. The van der Waals surface area contributed by atoms with E-state index in [2.05, 4.69) is 15.3 Å². The average molecular weight is 444 g/mol. The van der Waals surface area contributed by atoms with Gasteiger partial charge in [0, 0.05) is 12.7 Å². The van der Waals surface area contributed by atoms with Gasteiger partial charge in [0.2, 0.25) is 16.0 Å². The van der Waals surface area contributed by atoms with Gasteiger partial charge in [-0.25, -0.2) is 22.7 Å². The lowest BCUT2D eigenvalue weighted by atomic mass is 9.77. The molecule has 164 valence electrons. The van der Waals surface area contributed by atoms with Gasteiger partial charge < -0.3 is 15.8 Å². The molecule has 1 aliphatic heterocycles. The quantitative estimate of drug-likeness (QED) is 0.744. The normalized spacial score (nSPS) is 21.9. The number of aromatic nitrogens is 1. The number of hydrogen-bond donors (Lipinski definition) is 2. The largest absolute Gasteiger partial charge is 0.495 e. The Hall–Kier alpha value is -3.14. The van der Waals surface area contributed by atoms with Crippen molar-refractivity contribution in [1.29, 1.82) is 0 Å². The number of carbonyl (C=O) groups is 1. The van der Waals surface area contributed by atoms with Crippen LogP contribution in [-0.2, 0) is 22.0 Å². The Balaban J connectivity index is 1.70. The number of aliphatic imine (C=N–C) groups is 1. The Bertz CT molecular complexity index is 1190. The van der Waals surface area contributed by atoms with Crippen molar-refractivity contribution in [3.05, 3.63) is 52.8 Å². The maximum atomic E-state index is 12.8. The third-order valence-electron chi connectivity index (χ3n) is 5.90. The molecule has 10 heteroatoms. The fourth-order valence-corrected chi connectivity index (χ4v) is 5.72. The molecule has 2 heterocycles. The molecule has 0 radical (unpaired) electrons. The first-order valence-corrected chi connectivity index (χ1v) is 11.5. The maximum absolute atomic E-state index is 12.8. The highest BCUT2D eigenvalue weighted by Gasteiger charge is 2.46. The van der Waals surface area contributed by atoms with Crippen LogP contribution in [0.15, 0.2) is 35.5 Å². The number of sulfonamides is 1. The van der Waals surface area contributed by atoms with Crippen molar-refractivity contribution in [3.8, 4) is 5.75 Å². The molecule has 4 rings (SSSR count). The van der Waals surface area contributed by atoms with E-state index in [9.17, 15) is 13.2 Å². The van der Waals surface area contributed by atoms with Gasteiger partial charge in [-0.3, -0.25) is 4.79 Å². The van der Waals surface area contributed by atoms with Gasteiger partial charge in [-0.1, -0.05) is 6.07 Å². The first kappa shape index (κ1) is 21.1. The van der Waals surface area contributed by atoms with Crippen molar-refractivity contribution in [1.82, 2.24) is 9.29 Å². The Morgan fingerprint density at radius 1 is 1.32 bits per heavy atom. The van der Waals surface area contributed by atoms with Crippen LogP contribution < -0.4 is 15.8 Å². The number of benzene rings is 1. The SMILES string of the molecule is COc1cnc(C(=O)Nc2ccc3c(c2)[C@]2(CCC3)CS(=O)(=O)N(C)C(N)=N2)c(C)c1.